The molecule has 0 saturated heterocycles. The summed E-state index contributed by atoms with van der Waals surface area (Å²) in [6.07, 6.45) is 1.25. The summed E-state index contributed by atoms with van der Waals surface area (Å²) in [4.78, 5) is 1.47. The Hall–Kier alpha value is -1.21. The van der Waals surface area contributed by atoms with Crippen molar-refractivity contribution >= 4 is 21.4 Å². The van der Waals surface area contributed by atoms with Crippen LogP contribution in [-0.2, 0) is 22.9 Å². The molecule has 1 aromatic carbocycles. The Morgan fingerprint density at radius 3 is 2.43 bits per heavy atom. The van der Waals surface area contributed by atoms with Gasteiger partial charge in [0.1, 0.15) is 0 Å². The van der Waals surface area contributed by atoms with E-state index in [1.54, 1.807) is 42.6 Å². The lowest BCUT2D eigenvalue weighted by Crippen LogP contribution is -2.28. The van der Waals surface area contributed by atoms with Crippen molar-refractivity contribution in [2.75, 3.05) is 20.2 Å². The number of hydrogen-bond donors (Lipinski definition) is 1. The molecule has 2 rings (SSSR count). The van der Waals surface area contributed by atoms with Crippen molar-refractivity contribution in [2.45, 2.75) is 17.7 Å². The number of sulfonamides is 1. The number of thiophene rings is 1. The summed E-state index contributed by atoms with van der Waals surface area (Å²) < 4.78 is 26.3. The highest BCUT2D eigenvalue weighted by molar-refractivity contribution is 7.89. The van der Waals surface area contributed by atoms with Gasteiger partial charge in [-0.15, -0.1) is 11.3 Å². The van der Waals surface area contributed by atoms with E-state index in [0.29, 0.717) is 13.0 Å². The molecule has 114 valence electrons. The van der Waals surface area contributed by atoms with Crippen LogP contribution in [-0.4, -0.2) is 38.0 Å². The minimum atomic E-state index is -3.45. The van der Waals surface area contributed by atoms with Gasteiger partial charge >= 0.3 is 0 Å². The van der Waals surface area contributed by atoms with E-state index in [2.05, 4.69) is 0 Å². The molecule has 0 bridgehead atoms. The maximum absolute atomic E-state index is 12.4. The van der Waals surface area contributed by atoms with Gasteiger partial charge in [-0.25, -0.2) is 12.7 Å². The normalized spacial score (nSPS) is 12.0. The number of aliphatic hydroxyl groups excluding tert-OH is 1. The van der Waals surface area contributed by atoms with Crippen LogP contribution in [0.3, 0.4) is 0 Å². The number of hydrogen-bond acceptors (Lipinski definition) is 4. The van der Waals surface area contributed by atoms with Gasteiger partial charge in [-0.05, 0) is 42.0 Å². The van der Waals surface area contributed by atoms with E-state index in [0.717, 1.165) is 12.0 Å². The molecule has 0 aliphatic rings. The van der Waals surface area contributed by atoms with E-state index in [-0.39, 0.29) is 11.5 Å². The van der Waals surface area contributed by atoms with E-state index < -0.39 is 10.0 Å². The van der Waals surface area contributed by atoms with Gasteiger partial charge in [-0.3, -0.25) is 0 Å². The van der Waals surface area contributed by atoms with E-state index in [4.69, 9.17) is 5.11 Å². The molecule has 21 heavy (non-hydrogen) atoms. The summed E-state index contributed by atoms with van der Waals surface area (Å²) in [6, 6.07) is 10.7. The van der Waals surface area contributed by atoms with Gasteiger partial charge in [-0.1, -0.05) is 18.2 Å². The second-order valence-electron chi connectivity index (χ2n) is 4.77. The van der Waals surface area contributed by atoms with Crippen molar-refractivity contribution in [3.8, 4) is 0 Å². The lowest BCUT2D eigenvalue weighted by Gasteiger charge is -2.17. The third-order valence-electron chi connectivity index (χ3n) is 3.29. The first-order chi connectivity index (χ1) is 10.0. The summed E-state index contributed by atoms with van der Waals surface area (Å²) >= 11 is 1.63. The van der Waals surface area contributed by atoms with Crippen LogP contribution in [0.2, 0.25) is 0 Å². The maximum atomic E-state index is 12.4. The molecule has 4 nitrogen and oxygen atoms in total. The molecule has 0 amide bonds. The first-order valence-electron chi connectivity index (χ1n) is 6.72. The van der Waals surface area contributed by atoms with Crippen LogP contribution in [0, 0.1) is 0 Å². The molecule has 0 aliphatic carbocycles. The number of likely N-dealkylation sites (N-methyl/N-ethyl adjacent to an activating group) is 1. The Bertz CT molecular complexity index is 649. The molecule has 0 saturated carbocycles. The van der Waals surface area contributed by atoms with Crippen molar-refractivity contribution < 1.29 is 13.5 Å². The van der Waals surface area contributed by atoms with Crippen LogP contribution in [0.5, 0.6) is 0 Å². The monoisotopic (exact) mass is 325 g/mol. The first kappa shape index (κ1) is 16.2. The quantitative estimate of drug-likeness (QED) is 0.848. The molecule has 1 N–H and O–H groups in total. The van der Waals surface area contributed by atoms with Crippen LogP contribution in [0.1, 0.15) is 10.4 Å². The third kappa shape index (κ3) is 4.14. The lowest BCUT2D eigenvalue weighted by molar-refractivity contribution is 0.299. The summed E-state index contributed by atoms with van der Waals surface area (Å²) in [5.41, 5.74) is 0.928. The van der Waals surface area contributed by atoms with Gasteiger partial charge in [0.05, 0.1) is 4.90 Å². The number of benzene rings is 1. The highest BCUT2D eigenvalue weighted by Crippen LogP contribution is 2.17. The number of nitrogens with zero attached hydrogens (tertiary/aromatic N) is 1. The Labute approximate surface area is 129 Å². The second kappa shape index (κ2) is 7.17. The second-order valence-corrected chi connectivity index (χ2v) is 7.85. The molecule has 0 radical (unpaired) electrons. The zero-order valence-corrected chi connectivity index (χ0v) is 13.5. The molecule has 0 fully saturated rings. The average molecular weight is 325 g/mol. The minimum Gasteiger partial charge on any atom is -0.396 e. The largest absolute Gasteiger partial charge is 0.396 e. The highest BCUT2D eigenvalue weighted by atomic mass is 32.2. The van der Waals surface area contributed by atoms with Gasteiger partial charge < -0.3 is 5.11 Å². The molecule has 0 aliphatic heterocycles. The fourth-order valence-electron chi connectivity index (χ4n) is 1.98. The Balaban J connectivity index is 2.05. The Kier molecular flexibility index (Phi) is 5.52. The van der Waals surface area contributed by atoms with Crippen LogP contribution in [0.15, 0.2) is 46.7 Å². The fourth-order valence-corrected chi connectivity index (χ4v) is 3.85. The number of aliphatic hydroxyl groups is 1. The minimum absolute atomic E-state index is 0.0623. The van der Waals surface area contributed by atoms with E-state index in [9.17, 15) is 8.42 Å². The van der Waals surface area contributed by atoms with Crippen molar-refractivity contribution in [3.05, 3.63) is 52.2 Å². The summed E-state index contributed by atoms with van der Waals surface area (Å²) in [7, 11) is -1.85. The van der Waals surface area contributed by atoms with Crippen LogP contribution < -0.4 is 0 Å². The van der Waals surface area contributed by atoms with E-state index in [1.165, 1.54) is 9.18 Å². The van der Waals surface area contributed by atoms with Gasteiger partial charge in [-0.2, -0.15) is 0 Å². The molecule has 6 heteroatoms. The third-order valence-corrected chi connectivity index (χ3v) is 6.09. The van der Waals surface area contributed by atoms with E-state index >= 15 is 0 Å². The Morgan fingerprint density at radius 1 is 1.14 bits per heavy atom. The molecule has 1 heterocycles. The summed E-state index contributed by atoms with van der Waals surface area (Å²) in [5, 5.41) is 10.9. The molecule has 2 aromatic rings. The fraction of sp³-hybridized carbons (Fsp3) is 0.333. The van der Waals surface area contributed by atoms with Crippen LogP contribution in [0.25, 0.3) is 0 Å². The predicted molar refractivity (Wildman–Crippen MR) is 85.1 cm³/mol. The smallest absolute Gasteiger partial charge is 0.242 e. The molecule has 0 atom stereocenters. The summed E-state index contributed by atoms with van der Waals surface area (Å²) in [6.45, 7) is 0.522. The molecular weight excluding hydrogens is 306 g/mol. The average Bonchev–Trinajstić information content (AvgIpc) is 2.99. The SMILES string of the molecule is CN(CCc1cccs1)S(=O)(=O)c1ccc(CCO)cc1. The van der Waals surface area contributed by atoms with Crippen molar-refractivity contribution in [3.63, 3.8) is 0 Å². The zero-order valence-electron chi connectivity index (χ0n) is 11.9. The molecular formula is C15H19NO3S2. The topological polar surface area (TPSA) is 57.6 Å². The standard InChI is InChI=1S/C15H19NO3S2/c1-16(10-8-14-3-2-12-20-14)21(18,19)15-6-4-13(5-7-15)9-11-17/h2-7,12,17H,8-11H2,1H3. The number of rotatable bonds is 7. The van der Waals surface area contributed by atoms with Gasteiger partial charge in [0.15, 0.2) is 0 Å². The molecule has 1 aromatic heterocycles. The van der Waals surface area contributed by atoms with Crippen LogP contribution in [0.4, 0.5) is 0 Å². The van der Waals surface area contributed by atoms with Gasteiger partial charge in [0, 0.05) is 25.1 Å². The van der Waals surface area contributed by atoms with Crippen LogP contribution >= 0.6 is 11.3 Å². The predicted octanol–water partition coefficient (Wildman–Crippen LogP) is 2.15. The first-order valence-corrected chi connectivity index (χ1v) is 9.04. The van der Waals surface area contributed by atoms with Gasteiger partial charge in [0.2, 0.25) is 10.0 Å². The van der Waals surface area contributed by atoms with E-state index in [1.807, 2.05) is 17.5 Å². The Morgan fingerprint density at radius 2 is 1.86 bits per heavy atom. The lowest BCUT2D eigenvalue weighted by atomic mass is 10.2. The van der Waals surface area contributed by atoms with Crippen molar-refractivity contribution in [1.29, 1.82) is 0 Å². The van der Waals surface area contributed by atoms with Crippen molar-refractivity contribution in [1.82, 2.24) is 4.31 Å². The maximum Gasteiger partial charge on any atom is 0.242 e. The molecule has 0 spiro atoms. The zero-order chi connectivity index (χ0) is 15.3. The molecule has 0 unspecified atom stereocenters. The highest BCUT2D eigenvalue weighted by Gasteiger charge is 2.20. The van der Waals surface area contributed by atoms with Crippen molar-refractivity contribution in [2.24, 2.45) is 0 Å². The summed E-state index contributed by atoms with van der Waals surface area (Å²) in [5.74, 6) is 0. The van der Waals surface area contributed by atoms with Gasteiger partial charge in [0.25, 0.3) is 0 Å².